The molecule has 0 aliphatic rings. The van der Waals surface area contributed by atoms with E-state index in [0.29, 0.717) is 27.8 Å². The molecule has 0 aliphatic carbocycles. The number of carboxylic acids is 1. The molecule has 31 heavy (non-hydrogen) atoms. The molecule has 2 heterocycles. The van der Waals surface area contributed by atoms with Crippen molar-refractivity contribution in [2.75, 3.05) is 0 Å². The van der Waals surface area contributed by atoms with Crippen LogP contribution in [0.25, 0.3) is 16.4 Å². The molecule has 0 aliphatic heterocycles. The van der Waals surface area contributed by atoms with Gasteiger partial charge < -0.3 is 5.11 Å². The molecular formula is C22H16N4O3S2. The Morgan fingerprint density at radius 1 is 1.19 bits per heavy atom. The van der Waals surface area contributed by atoms with Crippen LogP contribution in [-0.2, 0) is 17.4 Å². The number of hydrogen-bond acceptors (Lipinski definition) is 5. The number of benzene rings is 2. The fraction of sp³-hybridized carbons (Fsp3) is 0.0455. The molecule has 0 radical (unpaired) electrons. The molecule has 0 bridgehead atoms. The zero-order chi connectivity index (χ0) is 22.0. The number of aromatic nitrogens is 3. The average Bonchev–Trinajstić information content (AvgIpc) is 3.40. The van der Waals surface area contributed by atoms with Gasteiger partial charge in [0.05, 0.1) is 10.6 Å². The minimum Gasteiger partial charge on any atom is -0.476 e. The van der Waals surface area contributed by atoms with E-state index in [1.54, 1.807) is 12.1 Å². The van der Waals surface area contributed by atoms with Crippen molar-refractivity contribution in [2.24, 2.45) is 5.14 Å². The number of thiazole rings is 1. The molecule has 1 unspecified atom stereocenters. The van der Waals surface area contributed by atoms with Crippen molar-refractivity contribution in [3.63, 3.8) is 0 Å². The van der Waals surface area contributed by atoms with E-state index in [4.69, 9.17) is 16.7 Å². The van der Waals surface area contributed by atoms with Crippen molar-refractivity contribution < 1.29 is 14.1 Å². The lowest BCUT2D eigenvalue weighted by Gasteiger charge is -2.05. The summed E-state index contributed by atoms with van der Waals surface area (Å²) >= 11 is 1.15. The van der Waals surface area contributed by atoms with Crippen molar-refractivity contribution in [2.45, 2.75) is 11.3 Å². The number of aromatic carboxylic acids is 1. The monoisotopic (exact) mass is 448 g/mol. The molecule has 2 aromatic carbocycles. The van der Waals surface area contributed by atoms with Gasteiger partial charge in [0.15, 0.2) is 5.69 Å². The van der Waals surface area contributed by atoms with E-state index < -0.39 is 17.0 Å². The Morgan fingerprint density at radius 2 is 1.90 bits per heavy atom. The molecule has 0 amide bonds. The van der Waals surface area contributed by atoms with Gasteiger partial charge in [0.1, 0.15) is 16.7 Å². The summed E-state index contributed by atoms with van der Waals surface area (Å²) in [4.78, 5) is 15.9. The van der Waals surface area contributed by atoms with Crippen molar-refractivity contribution >= 4 is 28.3 Å². The van der Waals surface area contributed by atoms with Gasteiger partial charge in [-0.3, -0.25) is 0 Å². The highest BCUT2D eigenvalue weighted by atomic mass is 32.2. The lowest BCUT2D eigenvalue weighted by Crippen LogP contribution is -2.03. The molecule has 3 N–H and O–H groups in total. The molecule has 0 saturated carbocycles. The maximum Gasteiger partial charge on any atom is 0.355 e. The first-order valence-electron chi connectivity index (χ1n) is 9.06. The van der Waals surface area contributed by atoms with E-state index in [1.807, 2.05) is 42.5 Å². The fourth-order valence-corrected chi connectivity index (χ4v) is 4.30. The van der Waals surface area contributed by atoms with Gasteiger partial charge >= 0.3 is 5.97 Å². The average molecular weight is 449 g/mol. The number of rotatable bonds is 6. The summed E-state index contributed by atoms with van der Waals surface area (Å²) in [7, 11) is -1.55. The summed E-state index contributed by atoms with van der Waals surface area (Å²) < 4.78 is 13.0. The first kappa shape index (κ1) is 20.7. The van der Waals surface area contributed by atoms with Crippen LogP contribution in [0.1, 0.15) is 27.3 Å². The number of nitrogens with two attached hydrogens (primary N) is 1. The summed E-state index contributed by atoms with van der Waals surface area (Å²) in [6.45, 7) is 0. The molecule has 4 rings (SSSR count). The zero-order valence-electron chi connectivity index (χ0n) is 16.1. The van der Waals surface area contributed by atoms with Gasteiger partial charge in [0.2, 0.25) is 5.13 Å². The van der Waals surface area contributed by atoms with E-state index in [9.17, 15) is 14.1 Å². The molecule has 0 fully saturated rings. The second-order valence-corrected chi connectivity index (χ2v) is 8.44. The van der Waals surface area contributed by atoms with Crippen LogP contribution in [0.15, 0.2) is 64.9 Å². The second kappa shape index (κ2) is 8.65. The third-order valence-electron chi connectivity index (χ3n) is 4.60. The topological polar surface area (TPSA) is 111 Å². The smallest absolute Gasteiger partial charge is 0.355 e. The van der Waals surface area contributed by atoms with Crippen LogP contribution in [0.2, 0.25) is 0 Å². The Hall–Kier alpha value is -3.58. The van der Waals surface area contributed by atoms with Crippen molar-refractivity contribution in [3.8, 4) is 28.7 Å². The van der Waals surface area contributed by atoms with Crippen LogP contribution in [0.3, 0.4) is 0 Å². The normalized spacial score (nSPS) is 11.7. The Balaban J connectivity index is 1.85. The largest absolute Gasteiger partial charge is 0.476 e. The number of carboxylic acid groups (broad SMARTS) is 1. The summed E-state index contributed by atoms with van der Waals surface area (Å²) in [5, 5.41) is 21.2. The highest BCUT2D eigenvalue weighted by Crippen LogP contribution is 2.30. The zero-order valence-corrected chi connectivity index (χ0v) is 17.7. The fourth-order valence-electron chi connectivity index (χ4n) is 3.14. The summed E-state index contributed by atoms with van der Waals surface area (Å²) in [5.41, 5.74) is 3.74. The molecule has 1 atom stereocenters. The third kappa shape index (κ3) is 4.18. The van der Waals surface area contributed by atoms with E-state index >= 15 is 0 Å². The molecule has 9 heteroatoms. The van der Waals surface area contributed by atoms with Gasteiger partial charge in [-0.2, -0.15) is 9.78 Å². The van der Waals surface area contributed by atoms with E-state index in [1.165, 1.54) is 10.1 Å². The number of terminal acetylenes is 1. The van der Waals surface area contributed by atoms with E-state index in [2.05, 4.69) is 10.9 Å². The van der Waals surface area contributed by atoms with Crippen molar-refractivity contribution in [3.05, 3.63) is 82.5 Å². The number of carbonyl (C=O) groups is 1. The molecule has 2 aromatic heterocycles. The van der Waals surface area contributed by atoms with Crippen molar-refractivity contribution in [1.29, 1.82) is 0 Å². The second-order valence-electron chi connectivity index (χ2n) is 6.54. The van der Waals surface area contributed by atoms with Crippen LogP contribution in [0, 0.1) is 12.3 Å². The van der Waals surface area contributed by atoms with Crippen LogP contribution >= 0.6 is 11.3 Å². The standard InChI is InChI=1S/C22H16N4O3S2/c1-2-19-17(12-14-8-10-16(11-9-14)31(23)29)20(15-6-4-3-5-7-15)25-26(19)22-24-18(13-30-22)21(27)28/h1,3-11,13H,12,23H2,(H,27,28). The Bertz CT molecular complexity index is 1320. The number of nitrogens with zero attached hydrogens (tertiary/aromatic N) is 3. The summed E-state index contributed by atoms with van der Waals surface area (Å²) in [6, 6.07) is 16.7. The van der Waals surface area contributed by atoms with Crippen molar-refractivity contribution in [1.82, 2.24) is 14.8 Å². The molecule has 0 saturated heterocycles. The van der Waals surface area contributed by atoms with Gasteiger partial charge in [-0.15, -0.1) is 17.8 Å². The SMILES string of the molecule is C#Cc1c(Cc2ccc(S(N)=O)cc2)c(-c2ccccc2)nn1-c1nc(C(=O)O)cs1. The van der Waals surface area contributed by atoms with Crippen LogP contribution in [0.4, 0.5) is 0 Å². The van der Waals surface area contributed by atoms with Crippen LogP contribution in [0.5, 0.6) is 0 Å². The lowest BCUT2D eigenvalue weighted by atomic mass is 9.99. The lowest BCUT2D eigenvalue weighted by molar-refractivity contribution is 0.0691. The van der Waals surface area contributed by atoms with E-state index in [0.717, 1.165) is 28.0 Å². The molecule has 7 nitrogen and oxygen atoms in total. The number of hydrogen-bond donors (Lipinski definition) is 2. The van der Waals surface area contributed by atoms with Gasteiger partial charge in [0.25, 0.3) is 0 Å². The third-order valence-corrected chi connectivity index (χ3v) is 6.15. The predicted octanol–water partition coefficient (Wildman–Crippen LogP) is 3.25. The first-order valence-corrected chi connectivity index (χ1v) is 11.2. The minimum absolute atomic E-state index is 0.0633. The summed E-state index contributed by atoms with van der Waals surface area (Å²) in [6.07, 6.45) is 6.33. The summed E-state index contributed by atoms with van der Waals surface area (Å²) in [5.74, 6) is 1.58. The Kier molecular flexibility index (Phi) is 5.77. The molecule has 154 valence electrons. The molecular weight excluding hydrogens is 432 g/mol. The highest BCUT2D eigenvalue weighted by Gasteiger charge is 2.22. The van der Waals surface area contributed by atoms with Gasteiger partial charge in [-0.1, -0.05) is 42.5 Å². The first-order chi connectivity index (χ1) is 15.0. The minimum atomic E-state index is -1.55. The molecule has 0 spiro atoms. The van der Waals surface area contributed by atoms with E-state index in [-0.39, 0.29) is 5.69 Å². The predicted molar refractivity (Wildman–Crippen MR) is 119 cm³/mol. The Morgan fingerprint density at radius 3 is 2.48 bits per heavy atom. The van der Waals surface area contributed by atoms with Crippen LogP contribution < -0.4 is 5.14 Å². The van der Waals surface area contributed by atoms with Gasteiger partial charge in [-0.05, 0) is 23.6 Å². The maximum absolute atomic E-state index is 11.5. The quantitative estimate of drug-likeness (QED) is 0.440. The van der Waals surface area contributed by atoms with Gasteiger partial charge in [0, 0.05) is 22.9 Å². The molecule has 4 aromatic rings. The maximum atomic E-state index is 11.5. The Labute approximate surface area is 184 Å². The van der Waals surface area contributed by atoms with Crippen LogP contribution in [-0.4, -0.2) is 30.0 Å². The van der Waals surface area contributed by atoms with Gasteiger partial charge in [-0.25, -0.2) is 19.1 Å². The highest BCUT2D eigenvalue weighted by molar-refractivity contribution is 7.82.